The number of halogens is 1. The third kappa shape index (κ3) is 3.25. The molecule has 104 valence electrons. The highest BCUT2D eigenvalue weighted by molar-refractivity contribution is 5.34. The molecule has 1 aromatic heterocycles. The molecule has 1 N–H and O–H groups in total. The van der Waals surface area contributed by atoms with Gasteiger partial charge in [0.2, 0.25) is 0 Å². The van der Waals surface area contributed by atoms with Crippen molar-refractivity contribution in [2.24, 2.45) is 0 Å². The van der Waals surface area contributed by atoms with Crippen LogP contribution in [0.1, 0.15) is 36.6 Å². The van der Waals surface area contributed by atoms with Gasteiger partial charge in [-0.25, -0.2) is 4.39 Å². The third-order valence-corrected chi connectivity index (χ3v) is 3.31. The average Bonchev–Trinajstić information content (AvgIpc) is 2.90. The maximum atomic E-state index is 13.7. The molecule has 20 heavy (non-hydrogen) atoms. The number of aromatic nitrogens is 1. The number of benzene rings is 1. The summed E-state index contributed by atoms with van der Waals surface area (Å²) in [5, 5.41) is 12.2. The van der Waals surface area contributed by atoms with Gasteiger partial charge in [-0.3, -0.25) is 0 Å². The first-order chi connectivity index (χ1) is 9.63. The topological polar surface area (TPSA) is 40.8 Å². The van der Waals surface area contributed by atoms with Crippen molar-refractivity contribution in [1.29, 1.82) is 5.26 Å². The lowest BCUT2D eigenvalue weighted by Gasteiger charge is -2.10. The van der Waals surface area contributed by atoms with Crippen molar-refractivity contribution < 1.29 is 4.39 Å². The Morgan fingerprint density at radius 3 is 2.90 bits per heavy atom. The Bertz CT molecular complexity index is 625. The van der Waals surface area contributed by atoms with Crippen molar-refractivity contribution in [3.8, 4) is 6.07 Å². The smallest absolute Gasteiger partial charge is 0.128 e. The highest BCUT2D eigenvalue weighted by Crippen LogP contribution is 2.16. The summed E-state index contributed by atoms with van der Waals surface area (Å²) in [6, 6.07) is 8.78. The first-order valence-corrected chi connectivity index (χ1v) is 6.71. The maximum absolute atomic E-state index is 13.7. The van der Waals surface area contributed by atoms with E-state index in [0.717, 1.165) is 6.54 Å². The minimum atomic E-state index is -0.279. The Balaban J connectivity index is 2.17. The Morgan fingerprint density at radius 1 is 1.40 bits per heavy atom. The van der Waals surface area contributed by atoms with Gasteiger partial charge in [0.05, 0.1) is 11.6 Å². The van der Waals surface area contributed by atoms with E-state index >= 15 is 0 Å². The molecule has 0 aliphatic rings. The van der Waals surface area contributed by atoms with Crippen molar-refractivity contribution in [1.82, 2.24) is 9.88 Å². The summed E-state index contributed by atoms with van der Waals surface area (Å²) in [4.78, 5) is 0. The van der Waals surface area contributed by atoms with Crippen LogP contribution in [0, 0.1) is 17.1 Å². The average molecular weight is 271 g/mol. The van der Waals surface area contributed by atoms with Gasteiger partial charge in [-0.1, -0.05) is 6.92 Å². The second-order valence-electron chi connectivity index (χ2n) is 4.81. The molecule has 2 rings (SSSR count). The van der Waals surface area contributed by atoms with Gasteiger partial charge in [0.15, 0.2) is 0 Å². The zero-order valence-electron chi connectivity index (χ0n) is 11.7. The molecule has 0 saturated carbocycles. The summed E-state index contributed by atoms with van der Waals surface area (Å²) in [5.74, 6) is -0.279. The van der Waals surface area contributed by atoms with Crippen LogP contribution in [0.5, 0.6) is 0 Å². The first-order valence-electron chi connectivity index (χ1n) is 6.71. The van der Waals surface area contributed by atoms with E-state index in [4.69, 9.17) is 5.26 Å². The molecule has 0 amide bonds. The summed E-state index contributed by atoms with van der Waals surface area (Å²) < 4.78 is 15.7. The summed E-state index contributed by atoms with van der Waals surface area (Å²) in [6.45, 7) is 5.50. The SMILES string of the molecule is CCNC(C)c1ccn(Cc2cc(C#N)ccc2F)c1. The molecule has 0 radical (unpaired) electrons. The monoisotopic (exact) mass is 271 g/mol. The second kappa shape index (κ2) is 6.36. The summed E-state index contributed by atoms with van der Waals surface area (Å²) in [5.41, 5.74) is 2.18. The molecule has 1 aromatic carbocycles. The van der Waals surface area contributed by atoms with Crippen LogP contribution in [-0.2, 0) is 6.54 Å². The largest absolute Gasteiger partial charge is 0.349 e. The van der Waals surface area contributed by atoms with E-state index in [-0.39, 0.29) is 11.9 Å². The molecule has 3 nitrogen and oxygen atoms in total. The number of nitrogens with one attached hydrogen (secondary N) is 1. The van der Waals surface area contributed by atoms with Crippen LogP contribution >= 0.6 is 0 Å². The van der Waals surface area contributed by atoms with E-state index in [1.54, 1.807) is 6.07 Å². The van der Waals surface area contributed by atoms with Crippen LogP contribution in [-0.4, -0.2) is 11.1 Å². The van der Waals surface area contributed by atoms with Gasteiger partial charge < -0.3 is 9.88 Å². The molecule has 2 aromatic rings. The van der Waals surface area contributed by atoms with Crippen LogP contribution in [0.15, 0.2) is 36.7 Å². The van der Waals surface area contributed by atoms with E-state index in [9.17, 15) is 4.39 Å². The Hall–Kier alpha value is -2.12. The van der Waals surface area contributed by atoms with Crippen molar-refractivity contribution >= 4 is 0 Å². The highest BCUT2D eigenvalue weighted by atomic mass is 19.1. The molecule has 4 heteroatoms. The molecule has 0 aliphatic carbocycles. The Kier molecular flexibility index (Phi) is 4.54. The molecule has 1 atom stereocenters. The maximum Gasteiger partial charge on any atom is 0.128 e. The molecule has 0 saturated heterocycles. The van der Waals surface area contributed by atoms with Crippen molar-refractivity contribution in [2.75, 3.05) is 6.54 Å². The zero-order chi connectivity index (χ0) is 14.5. The number of hydrogen-bond acceptors (Lipinski definition) is 2. The minimum Gasteiger partial charge on any atom is -0.349 e. The van der Waals surface area contributed by atoms with Crippen molar-refractivity contribution in [3.63, 3.8) is 0 Å². The van der Waals surface area contributed by atoms with Gasteiger partial charge in [-0.2, -0.15) is 5.26 Å². The van der Waals surface area contributed by atoms with Gasteiger partial charge in [0.1, 0.15) is 5.82 Å². The molecular formula is C16H18FN3. The Morgan fingerprint density at radius 2 is 2.20 bits per heavy atom. The minimum absolute atomic E-state index is 0.275. The third-order valence-electron chi connectivity index (χ3n) is 3.31. The van der Waals surface area contributed by atoms with Crippen LogP contribution in [0.3, 0.4) is 0 Å². The molecular weight excluding hydrogens is 253 g/mol. The highest BCUT2D eigenvalue weighted by Gasteiger charge is 2.08. The van der Waals surface area contributed by atoms with Crippen molar-refractivity contribution in [3.05, 3.63) is 59.2 Å². The predicted molar refractivity (Wildman–Crippen MR) is 76.7 cm³/mol. The van der Waals surface area contributed by atoms with E-state index in [1.807, 2.05) is 29.1 Å². The van der Waals surface area contributed by atoms with E-state index in [2.05, 4.69) is 19.2 Å². The fraction of sp³-hybridized carbons (Fsp3) is 0.312. The summed E-state index contributed by atoms with van der Waals surface area (Å²) >= 11 is 0. The summed E-state index contributed by atoms with van der Waals surface area (Å²) in [7, 11) is 0. The molecule has 0 aliphatic heterocycles. The second-order valence-corrected chi connectivity index (χ2v) is 4.81. The molecule has 0 bridgehead atoms. The van der Waals surface area contributed by atoms with Crippen LogP contribution < -0.4 is 5.32 Å². The van der Waals surface area contributed by atoms with Gasteiger partial charge in [-0.15, -0.1) is 0 Å². The van der Waals surface area contributed by atoms with Crippen molar-refractivity contribution in [2.45, 2.75) is 26.4 Å². The lowest BCUT2D eigenvalue weighted by molar-refractivity contribution is 0.590. The Labute approximate surface area is 118 Å². The quantitative estimate of drug-likeness (QED) is 0.907. The molecule has 1 unspecified atom stereocenters. The number of rotatable bonds is 5. The van der Waals surface area contributed by atoms with Gasteiger partial charge in [0, 0.05) is 30.5 Å². The van der Waals surface area contributed by atoms with Gasteiger partial charge in [0.25, 0.3) is 0 Å². The number of hydrogen-bond donors (Lipinski definition) is 1. The van der Waals surface area contributed by atoms with Gasteiger partial charge in [-0.05, 0) is 43.3 Å². The van der Waals surface area contributed by atoms with Crippen LogP contribution in [0.2, 0.25) is 0 Å². The lowest BCUT2D eigenvalue weighted by Crippen LogP contribution is -2.17. The lowest BCUT2D eigenvalue weighted by atomic mass is 10.1. The molecule has 0 spiro atoms. The fourth-order valence-corrected chi connectivity index (χ4v) is 2.20. The van der Waals surface area contributed by atoms with E-state index in [0.29, 0.717) is 17.7 Å². The predicted octanol–water partition coefficient (Wildman–Crippen LogP) is 3.22. The van der Waals surface area contributed by atoms with Crippen LogP contribution in [0.4, 0.5) is 4.39 Å². The fourth-order valence-electron chi connectivity index (χ4n) is 2.20. The van der Waals surface area contributed by atoms with Gasteiger partial charge >= 0.3 is 0 Å². The first kappa shape index (κ1) is 14.3. The summed E-state index contributed by atoms with van der Waals surface area (Å²) in [6.07, 6.45) is 3.94. The normalized spacial score (nSPS) is 12.1. The van der Waals surface area contributed by atoms with E-state index < -0.39 is 0 Å². The van der Waals surface area contributed by atoms with Crippen LogP contribution in [0.25, 0.3) is 0 Å². The zero-order valence-corrected chi connectivity index (χ0v) is 11.7. The number of nitriles is 1. The standard InChI is InChI=1S/C16H18FN3/c1-3-19-12(2)14-6-7-20(10-14)11-15-8-13(9-18)4-5-16(15)17/h4-8,10,12,19H,3,11H2,1-2H3. The number of nitrogens with zero attached hydrogens (tertiary/aromatic N) is 2. The molecule has 0 fully saturated rings. The molecule has 1 heterocycles. The van der Waals surface area contributed by atoms with E-state index in [1.165, 1.54) is 17.7 Å².